The van der Waals surface area contributed by atoms with Gasteiger partial charge in [-0.2, -0.15) is 0 Å². The van der Waals surface area contributed by atoms with Gasteiger partial charge < -0.3 is 15.0 Å². The maximum Gasteiger partial charge on any atom is 0.264 e. The van der Waals surface area contributed by atoms with Gasteiger partial charge in [-0.3, -0.25) is 13.9 Å². The predicted molar refractivity (Wildman–Crippen MR) is 175 cm³/mol. The van der Waals surface area contributed by atoms with Crippen LogP contribution < -0.4 is 14.4 Å². The summed E-state index contributed by atoms with van der Waals surface area (Å²) in [6, 6.07) is 16.9. The van der Waals surface area contributed by atoms with Crippen LogP contribution in [0.3, 0.4) is 0 Å². The molecule has 0 fully saturated rings. The number of halogens is 2. The number of para-hydroxylation sites is 2. The fourth-order valence-corrected chi connectivity index (χ4v) is 6.51. The molecule has 0 spiro atoms. The summed E-state index contributed by atoms with van der Waals surface area (Å²) in [6.07, 6.45) is 2.60. The van der Waals surface area contributed by atoms with Gasteiger partial charge in [0.05, 0.1) is 17.2 Å². The van der Waals surface area contributed by atoms with E-state index in [1.165, 1.54) is 28.8 Å². The lowest BCUT2D eigenvalue weighted by Crippen LogP contribution is -2.52. The molecule has 0 radical (unpaired) electrons. The van der Waals surface area contributed by atoms with Gasteiger partial charge in [0.2, 0.25) is 11.8 Å². The van der Waals surface area contributed by atoms with Gasteiger partial charge in [-0.1, -0.05) is 48.3 Å². The summed E-state index contributed by atoms with van der Waals surface area (Å²) < 4.78 is 35.1. The Morgan fingerprint density at radius 2 is 1.67 bits per heavy atom. The van der Waals surface area contributed by atoms with Crippen LogP contribution in [-0.2, 0) is 26.2 Å². The highest BCUT2D eigenvalue weighted by atomic mass is 35.5. The van der Waals surface area contributed by atoms with Gasteiger partial charge in [0.1, 0.15) is 18.3 Å². The monoisotopic (exact) mass is 665 g/mol. The SMILES string of the molecule is CCOc1ccccc1N(CC(=O)N(Cc1ccc(Cl)cc1Cl)[C@H](C)C(=O)N[C@H](C)CC)S(=O)(=O)c1ccc(SC)cc1. The zero-order valence-corrected chi connectivity index (χ0v) is 28.0. The predicted octanol–water partition coefficient (Wildman–Crippen LogP) is 6.64. The maximum absolute atomic E-state index is 14.2. The molecule has 0 aromatic heterocycles. The van der Waals surface area contributed by atoms with Crippen molar-refractivity contribution >= 4 is 62.5 Å². The molecular weight excluding hydrogens is 629 g/mol. The Labute approximate surface area is 268 Å². The Hall–Kier alpha value is -2.92. The van der Waals surface area contributed by atoms with E-state index in [4.69, 9.17) is 27.9 Å². The molecule has 3 aromatic rings. The van der Waals surface area contributed by atoms with Crippen LogP contribution in [0.2, 0.25) is 10.0 Å². The Morgan fingerprint density at radius 3 is 2.28 bits per heavy atom. The maximum atomic E-state index is 14.2. The molecule has 0 saturated heterocycles. The molecule has 0 unspecified atom stereocenters. The first-order valence-corrected chi connectivity index (χ1v) is 17.3. The fraction of sp³-hybridized carbons (Fsp3) is 0.355. The molecular formula is C31H37Cl2N3O5S2. The van der Waals surface area contributed by atoms with Gasteiger partial charge >= 0.3 is 0 Å². The minimum Gasteiger partial charge on any atom is -0.492 e. The molecule has 43 heavy (non-hydrogen) atoms. The molecule has 0 saturated carbocycles. The zero-order valence-electron chi connectivity index (χ0n) is 24.8. The number of benzene rings is 3. The van der Waals surface area contributed by atoms with Gasteiger partial charge in [-0.15, -0.1) is 11.8 Å². The van der Waals surface area contributed by atoms with Gasteiger partial charge in [-0.25, -0.2) is 8.42 Å². The number of nitrogens with zero attached hydrogens (tertiary/aromatic N) is 2. The summed E-state index contributed by atoms with van der Waals surface area (Å²) in [5, 5.41) is 3.65. The normalized spacial score (nSPS) is 12.7. The molecule has 1 N–H and O–H groups in total. The summed E-state index contributed by atoms with van der Waals surface area (Å²) in [5.74, 6) is -0.671. The average Bonchev–Trinajstić information content (AvgIpc) is 2.99. The molecule has 12 heteroatoms. The topological polar surface area (TPSA) is 96.0 Å². The molecule has 0 bridgehead atoms. The van der Waals surface area contributed by atoms with Gasteiger partial charge in [-0.05, 0) is 87.5 Å². The Morgan fingerprint density at radius 1 is 1.00 bits per heavy atom. The van der Waals surface area contributed by atoms with E-state index in [1.807, 2.05) is 20.1 Å². The van der Waals surface area contributed by atoms with Crippen LogP contribution in [0.15, 0.2) is 76.5 Å². The quantitative estimate of drug-likeness (QED) is 0.194. The van der Waals surface area contributed by atoms with E-state index in [0.717, 1.165) is 9.20 Å². The van der Waals surface area contributed by atoms with Crippen LogP contribution in [0.4, 0.5) is 5.69 Å². The molecule has 3 aromatic carbocycles. The number of hydrogen-bond acceptors (Lipinski definition) is 6. The number of ether oxygens (including phenoxy) is 1. The molecule has 232 valence electrons. The molecule has 3 rings (SSSR count). The second kappa shape index (κ2) is 15.7. The molecule has 0 aliphatic heterocycles. The smallest absolute Gasteiger partial charge is 0.264 e. The second-order valence-corrected chi connectivity index (χ2v) is 13.4. The third-order valence-corrected chi connectivity index (χ3v) is 9.99. The number of nitrogens with one attached hydrogen (secondary N) is 1. The summed E-state index contributed by atoms with van der Waals surface area (Å²) in [5.41, 5.74) is 0.757. The Kier molecular flexibility index (Phi) is 12.6. The highest BCUT2D eigenvalue weighted by Gasteiger charge is 2.34. The average molecular weight is 667 g/mol. The number of carbonyl (C=O) groups excluding carboxylic acids is 2. The van der Waals surface area contributed by atoms with Crippen LogP contribution in [0.25, 0.3) is 0 Å². The van der Waals surface area contributed by atoms with Crippen molar-refractivity contribution < 1.29 is 22.7 Å². The third-order valence-electron chi connectivity index (χ3n) is 6.88. The Bertz CT molecular complexity index is 1520. The highest BCUT2D eigenvalue weighted by molar-refractivity contribution is 7.98. The number of rotatable bonds is 14. The lowest BCUT2D eigenvalue weighted by Gasteiger charge is -2.33. The summed E-state index contributed by atoms with van der Waals surface area (Å²) in [7, 11) is -4.25. The fourth-order valence-electron chi connectivity index (χ4n) is 4.21. The number of thioether (sulfide) groups is 1. The van der Waals surface area contributed by atoms with Crippen LogP contribution >= 0.6 is 35.0 Å². The van der Waals surface area contributed by atoms with Crippen molar-refractivity contribution in [2.45, 2.75) is 62.5 Å². The van der Waals surface area contributed by atoms with E-state index in [-0.39, 0.29) is 35.7 Å². The largest absolute Gasteiger partial charge is 0.492 e. The molecule has 0 aliphatic carbocycles. The first-order valence-electron chi connectivity index (χ1n) is 13.8. The first-order chi connectivity index (χ1) is 20.4. The van der Waals surface area contributed by atoms with E-state index in [9.17, 15) is 18.0 Å². The van der Waals surface area contributed by atoms with Crippen LogP contribution in [0.5, 0.6) is 5.75 Å². The van der Waals surface area contributed by atoms with Crippen molar-refractivity contribution in [1.82, 2.24) is 10.2 Å². The number of sulfonamides is 1. The zero-order chi connectivity index (χ0) is 31.7. The molecule has 2 atom stereocenters. The van der Waals surface area contributed by atoms with Gasteiger partial charge in [0.15, 0.2) is 0 Å². The highest BCUT2D eigenvalue weighted by Crippen LogP contribution is 2.33. The van der Waals surface area contributed by atoms with Crippen molar-refractivity contribution in [2.24, 2.45) is 0 Å². The lowest BCUT2D eigenvalue weighted by atomic mass is 10.1. The molecule has 2 amide bonds. The Balaban J connectivity index is 2.10. The molecule has 0 aliphatic rings. The second-order valence-electron chi connectivity index (χ2n) is 9.84. The minimum atomic E-state index is -4.25. The van der Waals surface area contributed by atoms with E-state index >= 15 is 0 Å². The minimum absolute atomic E-state index is 0.0132. The molecule has 8 nitrogen and oxygen atoms in total. The standard InChI is InChI=1S/C31H37Cl2N3O5S2/c1-6-21(3)34-31(38)22(4)35(19-23-12-13-24(32)18-27(23)33)30(37)20-36(28-10-8-9-11-29(28)41-7-2)43(39,40)26-16-14-25(42-5)15-17-26/h8-18,21-22H,6-7,19-20H2,1-5H3,(H,34,38)/t21-,22-/m1/s1. The number of carbonyl (C=O) groups is 2. The molecule has 0 heterocycles. The third kappa shape index (κ3) is 8.81. The van der Waals surface area contributed by atoms with Crippen molar-refractivity contribution in [3.63, 3.8) is 0 Å². The van der Waals surface area contributed by atoms with Crippen LogP contribution in [0, 0.1) is 0 Å². The number of anilines is 1. The van der Waals surface area contributed by atoms with Crippen molar-refractivity contribution in [3.8, 4) is 5.75 Å². The van der Waals surface area contributed by atoms with Gasteiger partial charge in [0, 0.05) is 27.5 Å². The van der Waals surface area contributed by atoms with E-state index in [1.54, 1.807) is 68.4 Å². The summed E-state index contributed by atoms with van der Waals surface area (Å²) in [4.78, 5) is 29.7. The van der Waals surface area contributed by atoms with Crippen molar-refractivity contribution in [1.29, 1.82) is 0 Å². The van der Waals surface area contributed by atoms with Crippen LogP contribution in [0.1, 0.15) is 39.7 Å². The van der Waals surface area contributed by atoms with E-state index in [0.29, 0.717) is 27.8 Å². The van der Waals surface area contributed by atoms with E-state index < -0.39 is 28.5 Å². The van der Waals surface area contributed by atoms with Crippen molar-refractivity contribution in [3.05, 3.63) is 82.3 Å². The van der Waals surface area contributed by atoms with Crippen LogP contribution in [-0.4, -0.2) is 56.6 Å². The number of hydrogen-bond donors (Lipinski definition) is 1. The van der Waals surface area contributed by atoms with Gasteiger partial charge in [0.25, 0.3) is 10.0 Å². The number of amides is 2. The van der Waals surface area contributed by atoms with E-state index in [2.05, 4.69) is 5.32 Å². The summed E-state index contributed by atoms with van der Waals surface area (Å²) in [6.45, 7) is 6.85. The lowest BCUT2D eigenvalue weighted by molar-refractivity contribution is -0.139. The first kappa shape index (κ1) is 34.6. The summed E-state index contributed by atoms with van der Waals surface area (Å²) >= 11 is 14.0. The van der Waals surface area contributed by atoms with Crippen molar-refractivity contribution in [2.75, 3.05) is 23.7 Å².